The first kappa shape index (κ1) is 6.16. The van der Waals surface area contributed by atoms with Crippen LogP contribution in [0.25, 0.3) is 11.1 Å². The molecule has 0 spiro atoms. The molecule has 0 amide bonds. The summed E-state index contributed by atoms with van der Waals surface area (Å²) in [4.78, 5) is 0. The van der Waals surface area contributed by atoms with E-state index in [4.69, 9.17) is 4.52 Å². The Kier molecular flexibility index (Phi) is 1.44. The van der Waals surface area contributed by atoms with Crippen LogP contribution in [-0.2, 0) is 0 Å². The van der Waals surface area contributed by atoms with Gasteiger partial charge >= 0.3 is 0 Å². The van der Waals surface area contributed by atoms with Gasteiger partial charge in [-0.05, 0) is 11.6 Å². The Hall–Kier alpha value is -1.57. The van der Waals surface area contributed by atoms with Crippen LogP contribution in [0, 0.1) is 6.07 Å². The summed E-state index contributed by atoms with van der Waals surface area (Å²) in [7, 11) is 0. The summed E-state index contributed by atoms with van der Waals surface area (Å²) in [6, 6.07) is 10.8. The van der Waals surface area contributed by atoms with Gasteiger partial charge in [-0.2, -0.15) is 0 Å². The van der Waals surface area contributed by atoms with Crippen molar-refractivity contribution in [1.29, 1.82) is 0 Å². The van der Waals surface area contributed by atoms with Gasteiger partial charge in [0.25, 0.3) is 0 Å². The van der Waals surface area contributed by atoms with Crippen molar-refractivity contribution in [1.82, 2.24) is 5.16 Å². The van der Waals surface area contributed by atoms with E-state index in [-0.39, 0.29) is 0 Å². The number of benzene rings is 1. The Bertz CT molecular complexity index is 313. The summed E-state index contributed by atoms with van der Waals surface area (Å²) < 4.78 is 4.70. The van der Waals surface area contributed by atoms with E-state index in [9.17, 15) is 0 Å². The molecule has 0 bridgehead atoms. The zero-order valence-electron chi connectivity index (χ0n) is 5.82. The van der Waals surface area contributed by atoms with E-state index in [1.165, 1.54) is 0 Å². The van der Waals surface area contributed by atoms with Crippen molar-refractivity contribution in [3.05, 3.63) is 42.8 Å². The number of nitrogens with zero attached hydrogens (tertiary/aromatic N) is 1. The van der Waals surface area contributed by atoms with Crippen LogP contribution in [0.1, 0.15) is 0 Å². The molecule has 1 aromatic carbocycles. The van der Waals surface area contributed by atoms with Crippen LogP contribution in [-0.4, -0.2) is 5.16 Å². The molecule has 53 valence electrons. The predicted octanol–water partition coefficient (Wildman–Crippen LogP) is 2.14. The summed E-state index contributed by atoms with van der Waals surface area (Å²) in [5.74, 6) is 0. The highest BCUT2D eigenvalue weighted by molar-refractivity contribution is 5.59. The van der Waals surface area contributed by atoms with Gasteiger partial charge in [0.15, 0.2) is 0 Å². The third-order valence-electron chi connectivity index (χ3n) is 1.45. The summed E-state index contributed by atoms with van der Waals surface area (Å²) in [5, 5.41) is 3.60. The summed E-state index contributed by atoms with van der Waals surface area (Å²) in [6.07, 6.45) is 3.28. The van der Waals surface area contributed by atoms with E-state index < -0.39 is 0 Å². The third kappa shape index (κ3) is 1.15. The minimum absolute atomic E-state index is 0.964. The van der Waals surface area contributed by atoms with Gasteiger partial charge in [-0.15, -0.1) is 0 Å². The normalized spacial score (nSPS) is 9.82. The van der Waals surface area contributed by atoms with Crippen molar-refractivity contribution in [2.45, 2.75) is 0 Å². The molecule has 1 heterocycles. The molecule has 0 atom stereocenters. The van der Waals surface area contributed by atoms with E-state index in [2.05, 4.69) is 11.2 Å². The molecule has 0 aliphatic rings. The molecular formula is C9H6NO. The van der Waals surface area contributed by atoms with Crippen LogP contribution < -0.4 is 0 Å². The van der Waals surface area contributed by atoms with Gasteiger partial charge in [0.2, 0.25) is 0 Å². The number of aromatic nitrogens is 1. The zero-order valence-corrected chi connectivity index (χ0v) is 5.82. The molecule has 0 aliphatic heterocycles. The third-order valence-corrected chi connectivity index (χ3v) is 1.45. The first-order chi connectivity index (χ1) is 5.47. The minimum atomic E-state index is 0.964. The van der Waals surface area contributed by atoms with Crippen LogP contribution in [0.4, 0.5) is 0 Å². The van der Waals surface area contributed by atoms with E-state index in [1.54, 1.807) is 12.5 Å². The first-order valence-corrected chi connectivity index (χ1v) is 3.33. The fourth-order valence-corrected chi connectivity index (χ4v) is 0.911. The van der Waals surface area contributed by atoms with Crippen LogP contribution in [0.5, 0.6) is 0 Å². The maximum absolute atomic E-state index is 4.70. The van der Waals surface area contributed by atoms with Gasteiger partial charge in [0.05, 0.1) is 6.20 Å². The van der Waals surface area contributed by atoms with Crippen molar-refractivity contribution in [3.63, 3.8) is 0 Å². The molecule has 0 fully saturated rings. The highest BCUT2D eigenvalue weighted by Gasteiger charge is 1.96. The van der Waals surface area contributed by atoms with Crippen molar-refractivity contribution in [2.24, 2.45) is 0 Å². The second-order valence-corrected chi connectivity index (χ2v) is 2.19. The monoisotopic (exact) mass is 144 g/mol. The van der Waals surface area contributed by atoms with Gasteiger partial charge < -0.3 is 4.52 Å². The molecule has 2 aromatic rings. The molecule has 0 aliphatic carbocycles. The Balaban J connectivity index is 2.46. The average molecular weight is 144 g/mol. The molecule has 0 unspecified atom stereocenters. The minimum Gasteiger partial charge on any atom is -0.364 e. The van der Waals surface area contributed by atoms with Gasteiger partial charge in [-0.25, -0.2) is 0 Å². The largest absolute Gasteiger partial charge is 0.364 e. The quantitative estimate of drug-likeness (QED) is 0.612. The fraction of sp³-hybridized carbons (Fsp3) is 0. The second kappa shape index (κ2) is 2.58. The lowest BCUT2D eigenvalue weighted by Gasteiger charge is -1.90. The topological polar surface area (TPSA) is 26.0 Å². The Labute approximate surface area is 64.5 Å². The second-order valence-electron chi connectivity index (χ2n) is 2.19. The van der Waals surface area contributed by atoms with Crippen LogP contribution in [0.3, 0.4) is 0 Å². The summed E-state index contributed by atoms with van der Waals surface area (Å²) in [6.45, 7) is 0. The van der Waals surface area contributed by atoms with E-state index in [0.717, 1.165) is 11.1 Å². The first-order valence-electron chi connectivity index (χ1n) is 3.33. The molecule has 0 saturated carbocycles. The van der Waals surface area contributed by atoms with Gasteiger partial charge in [-0.1, -0.05) is 29.4 Å². The summed E-state index contributed by atoms with van der Waals surface area (Å²) in [5.41, 5.74) is 1.97. The Morgan fingerprint density at radius 2 is 2.36 bits per heavy atom. The van der Waals surface area contributed by atoms with Gasteiger partial charge in [0, 0.05) is 5.56 Å². The number of hydrogen-bond donors (Lipinski definition) is 0. The molecule has 1 aromatic heterocycles. The smallest absolute Gasteiger partial charge is 0.131 e. The maximum Gasteiger partial charge on any atom is 0.131 e. The standard InChI is InChI=1S/C9H6NO/c1-2-4-8(5-3-1)9-6-10-11-7-9/h1-4,6-7H. The van der Waals surface area contributed by atoms with Crippen LogP contribution in [0.15, 0.2) is 41.2 Å². The van der Waals surface area contributed by atoms with Crippen molar-refractivity contribution < 1.29 is 4.52 Å². The molecule has 11 heavy (non-hydrogen) atoms. The van der Waals surface area contributed by atoms with Crippen molar-refractivity contribution in [2.75, 3.05) is 0 Å². The van der Waals surface area contributed by atoms with Crippen LogP contribution >= 0.6 is 0 Å². The Morgan fingerprint density at radius 1 is 1.36 bits per heavy atom. The number of hydrogen-bond acceptors (Lipinski definition) is 2. The molecule has 2 nitrogen and oxygen atoms in total. The van der Waals surface area contributed by atoms with Gasteiger partial charge in [-0.3, -0.25) is 0 Å². The summed E-state index contributed by atoms with van der Waals surface area (Å²) >= 11 is 0. The predicted molar refractivity (Wildman–Crippen MR) is 40.8 cm³/mol. The molecule has 2 rings (SSSR count). The van der Waals surface area contributed by atoms with Crippen LogP contribution in [0.2, 0.25) is 0 Å². The van der Waals surface area contributed by atoms with Crippen molar-refractivity contribution >= 4 is 0 Å². The van der Waals surface area contributed by atoms with E-state index >= 15 is 0 Å². The molecule has 1 radical (unpaired) electrons. The fourth-order valence-electron chi connectivity index (χ4n) is 0.911. The lowest BCUT2D eigenvalue weighted by molar-refractivity contribution is 0.420. The SMILES string of the molecule is [c]1ccccc1-c1cnoc1. The molecule has 0 saturated heterocycles. The molecule has 2 heteroatoms. The maximum atomic E-state index is 4.70. The lowest BCUT2D eigenvalue weighted by Crippen LogP contribution is -1.70. The highest BCUT2D eigenvalue weighted by atomic mass is 16.5. The number of rotatable bonds is 1. The molecule has 0 N–H and O–H groups in total. The zero-order chi connectivity index (χ0) is 7.52. The average Bonchev–Trinajstić information content (AvgIpc) is 2.58. The Morgan fingerprint density at radius 3 is 3.00 bits per heavy atom. The van der Waals surface area contributed by atoms with Gasteiger partial charge in [0.1, 0.15) is 6.26 Å². The highest BCUT2D eigenvalue weighted by Crippen LogP contribution is 2.15. The van der Waals surface area contributed by atoms with E-state index in [1.807, 2.05) is 24.3 Å². The van der Waals surface area contributed by atoms with E-state index in [0.29, 0.717) is 0 Å². The van der Waals surface area contributed by atoms with Crippen molar-refractivity contribution in [3.8, 4) is 11.1 Å². The lowest BCUT2D eigenvalue weighted by atomic mass is 10.1. The molecular weight excluding hydrogens is 138 g/mol.